The first kappa shape index (κ1) is 15.5. The van der Waals surface area contributed by atoms with Gasteiger partial charge in [0.2, 0.25) is 0 Å². The summed E-state index contributed by atoms with van der Waals surface area (Å²) in [6.07, 6.45) is 1.97. The second-order valence-electron chi connectivity index (χ2n) is 6.43. The number of fused-ring (bicyclic) bond motifs is 2. The molecular formula is C17H19ClN4O2. The highest BCUT2D eigenvalue weighted by Crippen LogP contribution is 2.38. The SMILES string of the molecule is Nc1nn(C(=O)C2CCNc3c(Cl)cccc32)c2c1C[C@H](O)CC2. The molecular weight excluding hydrogens is 328 g/mol. The van der Waals surface area contributed by atoms with Crippen molar-refractivity contribution in [2.75, 3.05) is 17.6 Å². The smallest absolute Gasteiger partial charge is 0.254 e. The highest BCUT2D eigenvalue weighted by atomic mass is 35.5. The van der Waals surface area contributed by atoms with Crippen LogP contribution in [0.2, 0.25) is 5.02 Å². The van der Waals surface area contributed by atoms with Crippen LogP contribution in [0.3, 0.4) is 0 Å². The molecule has 0 amide bonds. The lowest BCUT2D eigenvalue weighted by Crippen LogP contribution is -2.30. The van der Waals surface area contributed by atoms with Gasteiger partial charge in [-0.3, -0.25) is 4.79 Å². The van der Waals surface area contributed by atoms with Gasteiger partial charge in [0.15, 0.2) is 0 Å². The molecule has 24 heavy (non-hydrogen) atoms. The zero-order chi connectivity index (χ0) is 16.8. The molecule has 6 nitrogen and oxygen atoms in total. The number of halogens is 1. The van der Waals surface area contributed by atoms with Gasteiger partial charge in [0.05, 0.1) is 28.4 Å². The summed E-state index contributed by atoms with van der Waals surface area (Å²) in [4.78, 5) is 13.2. The molecule has 1 unspecified atom stereocenters. The van der Waals surface area contributed by atoms with Gasteiger partial charge in [-0.1, -0.05) is 23.7 Å². The van der Waals surface area contributed by atoms with E-state index in [9.17, 15) is 9.90 Å². The van der Waals surface area contributed by atoms with Gasteiger partial charge >= 0.3 is 0 Å². The van der Waals surface area contributed by atoms with Crippen molar-refractivity contribution < 1.29 is 9.90 Å². The Balaban J connectivity index is 1.74. The summed E-state index contributed by atoms with van der Waals surface area (Å²) in [7, 11) is 0. The molecule has 4 N–H and O–H groups in total. The zero-order valence-corrected chi connectivity index (χ0v) is 13.9. The Morgan fingerprint density at radius 3 is 3.08 bits per heavy atom. The van der Waals surface area contributed by atoms with Crippen molar-refractivity contribution in [2.24, 2.45) is 0 Å². The lowest BCUT2D eigenvalue weighted by Gasteiger charge is -2.27. The molecule has 2 heterocycles. The number of anilines is 2. The number of nitrogens with one attached hydrogen (secondary N) is 1. The Hall–Kier alpha value is -2.05. The third-order valence-corrected chi connectivity index (χ3v) is 5.25. The first-order valence-electron chi connectivity index (χ1n) is 8.17. The van der Waals surface area contributed by atoms with E-state index in [1.807, 2.05) is 18.2 Å². The number of nitrogen functional groups attached to an aromatic ring is 1. The number of aliphatic hydroxyl groups is 1. The fraction of sp³-hybridized carbons (Fsp3) is 0.412. The van der Waals surface area contributed by atoms with Crippen molar-refractivity contribution in [1.29, 1.82) is 0 Å². The average molecular weight is 347 g/mol. The molecule has 126 valence electrons. The number of carbonyl (C=O) groups excluding carboxylic acids is 1. The van der Waals surface area contributed by atoms with Gasteiger partial charge in [-0.05, 0) is 30.9 Å². The summed E-state index contributed by atoms with van der Waals surface area (Å²) in [5.41, 5.74) is 9.35. The molecule has 7 heteroatoms. The fourth-order valence-electron chi connectivity index (χ4n) is 3.73. The van der Waals surface area contributed by atoms with E-state index in [1.165, 1.54) is 4.68 Å². The van der Waals surface area contributed by atoms with Gasteiger partial charge in [0, 0.05) is 18.5 Å². The number of benzene rings is 1. The van der Waals surface area contributed by atoms with Gasteiger partial charge in [0.1, 0.15) is 5.82 Å². The number of para-hydroxylation sites is 1. The summed E-state index contributed by atoms with van der Waals surface area (Å²) in [6.45, 7) is 0.685. The monoisotopic (exact) mass is 346 g/mol. The molecule has 0 bridgehead atoms. The number of nitrogens with zero attached hydrogens (tertiary/aromatic N) is 2. The van der Waals surface area contributed by atoms with Crippen molar-refractivity contribution in [2.45, 2.75) is 37.7 Å². The number of carbonyl (C=O) groups is 1. The van der Waals surface area contributed by atoms with Crippen LogP contribution in [0.15, 0.2) is 18.2 Å². The number of aliphatic hydroxyl groups excluding tert-OH is 1. The van der Waals surface area contributed by atoms with E-state index in [0.29, 0.717) is 43.1 Å². The number of nitrogens with two attached hydrogens (primary N) is 1. The van der Waals surface area contributed by atoms with Crippen LogP contribution in [-0.4, -0.2) is 33.4 Å². The summed E-state index contributed by atoms with van der Waals surface area (Å²) in [6, 6.07) is 5.60. The molecule has 0 spiro atoms. The van der Waals surface area contributed by atoms with Crippen molar-refractivity contribution in [3.8, 4) is 0 Å². The van der Waals surface area contributed by atoms with Crippen molar-refractivity contribution in [1.82, 2.24) is 9.78 Å². The van der Waals surface area contributed by atoms with Gasteiger partial charge < -0.3 is 16.2 Å². The normalized spacial score (nSPS) is 22.4. The van der Waals surface area contributed by atoms with E-state index in [1.54, 1.807) is 0 Å². The van der Waals surface area contributed by atoms with E-state index >= 15 is 0 Å². The summed E-state index contributed by atoms with van der Waals surface area (Å²) < 4.78 is 1.46. The lowest BCUT2D eigenvalue weighted by atomic mass is 9.89. The summed E-state index contributed by atoms with van der Waals surface area (Å²) in [5.74, 6) is -0.0306. The molecule has 0 fully saturated rings. The fourth-order valence-corrected chi connectivity index (χ4v) is 3.97. The number of hydrogen-bond acceptors (Lipinski definition) is 5. The lowest BCUT2D eigenvalue weighted by molar-refractivity contribution is 0.0848. The molecule has 0 radical (unpaired) electrons. The van der Waals surface area contributed by atoms with Crippen LogP contribution in [-0.2, 0) is 12.8 Å². The van der Waals surface area contributed by atoms with Gasteiger partial charge in [-0.2, -0.15) is 0 Å². The Morgan fingerprint density at radius 1 is 1.42 bits per heavy atom. The standard InChI is InChI=1S/C17H19ClN4O2/c18-13-3-1-2-10-11(6-7-20-15(10)13)17(24)22-14-5-4-9(23)8-12(14)16(19)21-22/h1-3,9,11,20,23H,4-8H2,(H2,19,21)/t9-,11?/m1/s1. The van der Waals surface area contributed by atoms with Gasteiger partial charge in [0.25, 0.3) is 5.91 Å². The second-order valence-corrected chi connectivity index (χ2v) is 6.84. The largest absolute Gasteiger partial charge is 0.393 e. The molecule has 1 aliphatic carbocycles. The van der Waals surface area contributed by atoms with Crippen LogP contribution in [0.25, 0.3) is 0 Å². The van der Waals surface area contributed by atoms with Crippen LogP contribution < -0.4 is 11.1 Å². The molecule has 2 aliphatic rings. The first-order chi connectivity index (χ1) is 11.6. The molecule has 0 saturated carbocycles. The molecule has 1 aromatic heterocycles. The predicted octanol–water partition coefficient (Wildman–Crippen LogP) is 2.21. The number of rotatable bonds is 1. The van der Waals surface area contributed by atoms with E-state index < -0.39 is 6.10 Å². The minimum absolute atomic E-state index is 0.0793. The molecule has 0 saturated heterocycles. The highest BCUT2D eigenvalue weighted by Gasteiger charge is 2.33. The van der Waals surface area contributed by atoms with Crippen LogP contribution in [0.1, 0.15) is 40.4 Å². The van der Waals surface area contributed by atoms with Crippen molar-refractivity contribution in [3.05, 3.63) is 40.0 Å². The first-order valence-corrected chi connectivity index (χ1v) is 8.55. The topological polar surface area (TPSA) is 93.2 Å². The van der Waals surface area contributed by atoms with Gasteiger partial charge in [-0.15, -0.1) is 5.10 Å². The molecule has 4 rings (SSSR count). The van der Waals surface area contributed by atoms with Crippen LogP contribution in [0.5, 0.6) is 0 Å². The number of hydrogen-bond donors (Lipinski definition) is 3. The third-order valence-electron chi connectivity index (χ3n) is 4.94. The summed E-state index contributed by atoms with van der Waals surface area (Å²) in [5, 5.41) is 18.0. The maximum Gasteiger partial charge on any atom is 0.254 e. The zero-order valence-electron chi connectivity index (χ0n) is 13.1. The molecule has 1 aromatic carbocycles. The Morgan fingerprint density at radius 2 is 2.25 bits per heavy atom. The molecule has 1 aliphatic heterocycles. The van der Waals surface area contributed by atoms with E-state index in [0.717, 1.165) is 22.5 Å². The average Bonchev–Trinajstić information content (AvgIpc) is 2.90. The van der Waals surface area contributed by atoms with Crippen molar-refractivity contribution >= 4 is 29.0 Å². The van der Waals surface area contributed by atoms with Crippen molar-refractivity contribution in [3.63, 3.8) is 0 Å². The van der Waals surface area contributed by atoms with E-state index in [-0.39, 0.29) is 11.8 Å². The van der Waals surface area contributed by atoms with Crippen LogP contribution >= 0.6 is 11.6 Å². The Bertz CT molecular complexity index is 817. The van der Waals surface area contributed by atoms with E-state index in [2.05, 4.69) is 10.4 Å². The Kier molecular flexibility index (Phi) is 3.73. The van der Waals surface area contributed by atoms with Crippen LogP contribution in [0.4, 0.5) is 11.5 Å². The molecule has 2 aromatic rings. The Labute approximate surface area is 144 Å². The van der Waals surface area contributed by atoms with Gasteiger partial charge in [-0.25, -0.2) is 4.68 Å². The minimum Gasteiger partial charge on any atom is -0.393 e. The molecule has 2 atom stereocenters. The third kappa shape index (κ3) is 2.37. The quantitative estimate of drug-likeness (QED) is 0.736. The minimum atomic E-state index is -0.411. The number of aromatic nitrogens is 2. The second kappa shape index (κ2) is 5.79. The van der Waals surface area contributed by atoms with Crippen LogP contribution in [0, 0.1) is 0 Å². The maximum atomic E-state index is 13.2. The highest BCUT2D eigenvalue weighted by molar-refractivity contribution is 6.33. The predicted molar refractivity (Wildman–Crippen MR) is 92.6 cm³/mol. The maximum absolute atomic E-state index is 13.2. The van der Waals surface area contributed by atoms with E-state index in [4.69, 9.17) is 17.3 Å². The summed E-state index contributed by atoms with van der Waals surface area (Å²) >= 11 is 6.25.